The van der Waals surface area contributed by atoms with Crippen LogP contribution in [0.5, 0.6) is 5.75 Å². The number of halogens is 1. The number of fused-ring (bicyclic) bond motifs is 2. The fraction of sp³-hybridized carbons (Fsp3) is 0.364. The molecule has 0 aliphatic carbocycles. The second kappa shape index (κ2) is 7.60. The average Bonchev–Trinajstić information content (AvgIpc) is 2.64. The first kappa shape index (κ1) is 17.3. The molecule has 4 heteroatoms. The van der Waals surface area contributed by atoms with Gasteiger partial charge in [-0.1, -0.05) is 36.4 Å². The number of hydrogen-bond donors (Lipinski definition) is 0. The normalized spacial score (nSPS) is 22.8. The summed E-state index contributed by atoms with van der Waals surface area (Å²) in [5.41, 5.74) is 3.35. The van der Waals surface area contributed by atoms with Crippen LogP contribution in [0.15, 0.2) is 54.6 Å². The summed E-state index contributed by atoms with van der Waals surface area (Å²) in [7, 11) is 0. The molecule has 2 aliphatic heterocycles. The van der Waals surface area contributed by atoms with Crippen molar-refractivity contribution in [1.82, 2.24) is 4.90 Å². The molecule has 1 saturated heterocycles. The van der Waals surface area contributed by atoms with Crippen molar-refractivity contribution in [2.45, 2.75) is 32.0 Å². The van der Waals surface area contributed by atoms with Gasteiger partial charge in [0.05, 0.1) is 25.9 Å². The van der Waals surface area contributed by atoms with Gasteiger partial charge in [0.15, 0.2) is 0 Å². The van der Waals surface area contributed by atoms with E-state index in [-0.39, 0.29) is 11.9 Å². The van der Waals surface area contributed by atoms with Crippen LogP contribution in [0.1, 0.15) is 24.5 Å². The van der Waals surface area contributed by atoms with Gasteiger partial charge >= 0.3 is 0 Å². The lowest BCUT2D eigenvalue weighted by Gasteiger charge is -2.45. The summed E-state index contributed by atoms with van der Waals surface area (Å²) in [6.45, 7) is 4.81. The Bertz CT molecular complexity index is 790. The summed E-state index contributed by atoms with van der Waals surface area (Å²) in [5.74, 6) is 0.535. The topological polar surface area (TPSA) is 21.7 Å². The van der Waals surface area contributed by atoms with Gasteiger partial charge in [0, 0.05) is 18.2 Å². The standard InChI is InChI=1S/C22H24FNO2/c1-2-26-22-9-8-18(23)12-21(22)17-10-19-14-25-15-20(11-17)24(19)13-16-6-4-3-5-7-16/h3-10,12,19-20H,2,11,13-15H2,1H3. The van der Waals surface area contributed by atoms with E-state index >= 15 is 0 Å². The Morgan fingerprint density at radius 1 is 1.15 bits per heavy atom. The first-order valence-electron chi connectivity index (χ1n) is 9.25. The molecule has 2 unspecified atom stereocenters. The molecule has 136 valence electrons. The van der Waals surface area contributed by atoms with Crippen LogP contribution < -0.4 is 4.74 Å². The molecule has 0 aromatic heterocycles. The maximum absolute atomic E-state index is 13.9. The van der Waals surface area contributed by atoms with Crippen molar-refractivity contribution in [3.63, 3.8) is 0 Å². The molecule has 0 spiro atoms. The second-order valence-electron chi connectivity index (χ2n) is 6.89. The molecule has 0 saturated carbocycles. The summed E-state index contributed by atoms with van der Waals surface area (Å²) >= 11 is 0. The average molecular weight is 353 g/mol. The van der Waals surface area contributed by atoms with Crippen LogP contribution in [0.3, 0.4) is 0 Å². The van der Waals surface area contributed by atoms with Crippen LogP contribution in [0.2, 0.25) is 0 Å². The lowest BCUT2D eigenvalue weighted by atomic mass is 9.89. The van der Waals surface area contributed by atoms with E-state index in [0.29, 0.717) is 25.9 Å². The molecule has 2 aromatic rings. The van der Waals surface area contributed by atoms with Crippen molar-refractivity contribution < 1.29 is 13.9 Å². The number of benzene rings is 2. The highest BCUT2D eigenvalue weighted by molar-refractivity contribution is 5.72. The molecular weight excluding hydrogens is 329 g/mol. The van der Waals surface area contributed by atoms with Crippen molar-refractivity contribution in [1.29, 1.82) is 0 Å². The Labute approximate surface area is 154 Å². The third-order valence-corrected chi connectivity index (χ3v) is 5.14. The minimum Gasteiger partial charge on any atom is -0.493 e. The molecular formula is C22H24FNO2. The van der Waals surface area contributed by atoms with Crippen LogP contribution >= 0.6 is 0 Å². The Morgan fingerprint density at radius 3 is 2.77 bits per heavy atom. The molecule has 2 heterocycles. The summed E-state index contributed by atoms with van der Waals surface area (Å²) < 4.78 is 25.4. The number of rotatable bonds is 5. The number of morpholine rings is 1. The first-order valence-corrected chi connectivity index (χ1v) is 9.25. The SMILES string of the molecule is CCOc1ccc(F)cc1C1=CC2COCC(C1)N2Cc1ccccc1. The van der Waals surface area contributed by atoms with Crippen molar-refractivity contribution >= 4 is 5.57 Å². The zero-order chi connectivity index (χ0) is 17.9. The van der Waals surface area contributed by atoms with E-state index in [0.717, 1.165) is 29.9 Å². The molecule has 2 bridgehead atoms. The highest BCUT2D eigenvalue weighted by Gasteiger charge is 2.35. The molecule has 26 heavy (non-hydrogen) atoms. The molecule has 2 atom stereocenters. The zero-order valence-corrected chi connectivity index (χ0v) is 15.0. The Balaban J connectivity index is 1.64. The number of nitrogens with zero attached hydrogens (tertiary/aromatic N) is 1. The maximum atomic E-state index is 13.9. The highest BCUT2D eigenvalue weighted by atomic mass is 19.1. The molecule has 4 rings (SSSR count). The molecule has 2 aliphatic rings. The predicted molar refractivity (Wildman–Crippen MR) is 101 cm³/mol. The van der Waals surface area contributed by atoms with E-state index in [1.807, 2.05) is 13.0 Å². The van der Waals surface area contributed by atoms with Gasteiger partial charge in [-0.05, 0) is 42.7 Å². The minimum absolute atomic E-state index is 0.204. The highest BCUT2D eigenvalue weighted by Crippen LogP contribution is 2.37. The largest absolute Gasteiger partial charge is 0.493 e. The van der Waals surface area contributed by atoms with E-state index in [1.54, 1.807) is 12.1 Å². The number of ether oxygens (including phenoxy) is 2. The van der Waals surface area contributed by atoms with Crippen LogP contribution in [0.25, 0.3) is 5.57 Å². The molecule has 0 amide bonds. The fourth-order valence-corrected chi connectivity index (χ4v) is 3.94. The van der Waals surface area contributed by atoms with E-state index in [9.17, 15) is 4.39 Å². The molecule has 1 fully saturated rings. The van der Waals surface area contributed by atoms with E-state index in [2.05, 4.69) is 35.2 Å². The third kappa shape index (κ3) is 3.53. The van der Waals surface area contributed by atoms with Gasteiger partial charge in [-0.25, -0.2) is 4.39 Å². The second-order valence-corrected chi connectivity index (χ2v) is 6.89. The monoisotopic (exact) mass is 353 g/mol. The van der Waals surface area contributed by atoms with Gasteiger partial charge in [-0.15, -0.1) is 0 Å². The summed E-state index contributed by atoms with van der Waals surface area (Å²) in [6, 6.07) is 15.8. The van der Waals surface area contributed by atoms with Crippen LogP contribution in [-0.2, 0) is 11.3 Å². The van der Waals surface area contributed by atoms with Gasteiger partial charge in [0.1, 0.15) is 11.6 Å². The molecule has 2 aromatic carbocycles. The third-order valence-electron chi connectivity index (χ3n) is 5.14. The van der Waals surface area contributed by atoms with Crippen molar-refractivity contribution in [3.05, 3.63) is 71.6 Å². The Kier molecular flexibility index (Phi) is 5.05. The van der Waals surface area contributed by atoms with E-state index < -0.39 is 0 Å². The van der Waals surface area contributed by atoms with Crippen LogP contribution in [-0.4, -0.2) is 36.8 Å². The van der Waals surface area contributed by atoms with Crippen LogP contribution in [0, 0.1) is 5.82 Å². The lowest BCUT2D eigenvalue weighted by Crippen LogP contribution is -2.53. The van der Waals surface area contributed by atoms with Gasteiger partial charge < -0.3 is 9.47 Å². The fourth-order valence-electron chi connectivity index (χ4n) is 3.94. The maximum Gasteiger partial charge on any atom is 0.126 e. The number of hydrogen-bond acceptors (Lipinski definition) is 3. The molecule has 3 nitrogen and oxygen atoms in total. The van der Waals surface area contributed by atoms with Gasteiger partial charge in [-0.3, -0.25) is 4.90 Å². The summed E-state index contributed by atoms with van der Waals surface area (Å²) in [6.07, 6.45) is 3.07. The van der Waals surface area contributed by atoms with Gasteiger partial charge in [-0.2, -0.15) is 0 Å². The Morgan fingerprint density at radius 2 is 2.00 bits per heavy atom. The lowest BCUT2D eigenvalue weighted by molar-refractivity contribution is -0.0403. The molecule has 0 N–H and O–H groups in total. The predicted octanol–water partition coefficient (Wildman–Crippen LogP) is 4.28. The smallest absolute Gasteiger partial charge is 0.126 e. The summed E-state index contributed by atoms with van der Waals surface area (Å²) in [5, 5.41) is 0. The van der Waals surface area contributed by atoms with E-state index in [1.165, 1.54) is 11.6 Å². The van der Waals surface area contributed by atoms with Crippen molar-refractivity contribution in [2.24, 2.45) is 0 Å². The Hall–Kier alpha value is -2.17. The van der Waals surface area contributed by atoms with Gasteiger partial charge in [0.25, 0.3) is 0 Å². The first-order chi connectivity index (χ1) is 12.7. The van der Waals surface area contributed by atoms with Crippen molar-refractivity contribution in [3.8, 4) is 5.75 Å². The van der Waals surface area contributed by atoms with Crippen LogP contribution in [0.4, 0.5) is 4.39 Å². The van der Waals surface area contributed by atoms with Gasteiger partial charge in [0.2, 0.25) is 0 Å². The quantitative estimate of drug-likeness (QED) is 0.801. The minimum atomic E-state index is -0.225. The zero-order valence-electron chi connectivity index (χ0n) is 15.0. The molecule has 0 radical (unpaired) electrons. The van der Waals surface area contributed by atoms with E-state index in [4.69, 9.17) is 9.47 Å². The van der Waals surface area contributed by atoms with Crippen molar-refractivity contribution in [2.75, 3.05) is 19.8 Å². The summed E-state index contributed by atoms with van der Waals surface area (Å²) in [4.78, 5) is 2.50.